The summed E-state index contributed by atoms with van der Waals surface area (Å²) in [6, 6.07) is 8.31. The summed E-state index contributed by atoms with van der Waals surface area (Å²) >= 11 is 0. The van der Waals surface area contributed by atoms with Crippen molar-refractivity contribution in [1.29, 1.82) is 0 Å². The third-order valence-electron chi connectivity index (χ3n) is 2.86. The number of nitrogens with zero attached hydrogens (tertiary/aromatic N) is 2. The zero-order valence-electron chi connectivity index (χ0n) is 9.72. The van der Waals surface area contributed by atoms with Gasteiger partial charge in [0, 0.05) is 23.5 Å². The van der Waals surface area contributed by atoms with Crippen molar-refractivity contribution in [3.63, 3.8) is 0 Å². The van der Waals surface area contributed by atoms with Gasteiger partial charge in [0.05, 0.1) is 6.20 Å². The highest BCUT2D eigenvalue weighted by Gasteiger charge is 2.05. The Morgan fingerprint density at radius 2 is 2.19 bits per heavy atom. The maximum atomic E-state index is 5.76. The van der Waals surface area contributed by atoms with E-state index in [1.54, 1.807) is 0 Å². The molecule has 0 fully saturated rings. The van der Waals surface area contributed by atoms with E-state index in [1.807, 2.05) is 35.1 Å². The van der Waals surface area contributed by atoms with E-state index in [-0.39, 0.29) is 0 Å². The van der Waals surface area contributed by atoms with Gasteiger partial charge in [-0.05, 0) is 31.0 Å². The third-order valence-corrected chi connectivity index (χ3v) is 2.86. The first-order valence-corrected chi connectivity index (χ1v) is 5.60. The van der Waals surface area contributed by atoms with Crippen LogP contribution in [-0.2, 0) is 0 Å². The molecule has 2 aromatic rings. The average molecular weight is 215 g/mol. The molecule has 3 heteroatoms. The van der Waals surface area contributed by atoms with Crippen LogP contribution in [0.4, 0.5) is 5.69 Å². The van der Waals surface area contributed by atoms with E-state index in [0.717, 1.165) is 23.2 Å². The second kappa shape index (κ2) is 4.39. The van der Waals surface area contributed by atoms with Gasteiger partial charge in [0.15, 0.2) is 0 Å². The summed E-state index contributed by atoms with van der Waals surface area (Å²) in [6.45, 7) is 4.32. The fourth-order valence-corrected chi connectivity index (χ4v) is 1.63. The van der Waals surface area contributed by atoms with Crippen LogP contribution >= 0.6 is 0 Å². The summed E-state index contributed by atoms with van der Waals surface area (Å²) in [4.78, 5) is 0. The zero-order chi connectivity index (χ0) is 11.5. The lowest BCUT2D eigenvalue weighted by Gasteiger charge is -2.07. The van der Waals surface area contributed by atoms with Crippen LogP contribution in [0.3, 0.4) is 0 Å². The van der Waals surface area contributed by atoms with Crippen molar-refractivity contribution < 1.29 is 0 Å². The fourth-order valence-electron chi connectivity index (χ4n) is 1.63. The van der Waals surface area contributed by atoms with Crippen LogP contribution in [0, 0.1) is 0 Å². The van der Waals surface area contributed by atoms with Crippen LogP contribution in [0.1, 0.15) is 26.3 Å². The number of benzene rings is 1. The molecule has 0 aliphatic rings. The smallest absolute Gasteiger partial charge is 0.0568 e. The Kier molecular flexibility index (Phi) is 2.95. The van der Waals surface area contributed by atoms with Crippen LogP contribution < -0.4 is 5.73 Å². The molecule has 0 amide bonds. The number of aromatic nitrogens is 2. The maximum absolute atomic E-state index is 5.76. The third kappa shape index (κ3) is 2.08. The molecule has 0 spiro atoms. The molecule has 1 aromatic heterocycles. The Hall–Kier alpha value is -1.77. The molecule has 84 valence electrons. The van der Waals surface area contributed by atoms with Gasteiger partial charge in [-0.3, -0.25) is 4.68 Å². The van der Waals surface area contributed by atoms with E-state index < -0.39 is 0 Å². The fraction of sp³-hybridized carbons (Fsp3) is 0.308. The first-order valence-electron chi connectivity index (χ1n) is 5.60. The van der Waals surface area contributed by atoms with Crippen LogP contribution in [0.5, 0.6) is 0 Å². The number of hydrogen-bond donors (Lipinski definition) is 1. The molecule has 1 atom stereocenters. The Morgan fingerprint density at radius 1 is 1.38 bits per heavy atom. The molecule has 0 radical (unpaired) electrons. The van der Waals surface area contributed by atoms with Crippen LogP contribution in [-0.4, -0.2) is 9.78 Å². The van der Waals surface area contributed by atoms with E-state index in [0.29, 0.717) is 6.04 Å². The predicted molar refractivity (Wildman–Crippen MR) is 67.1 cm³/mol. The van der Waals surface area contributed by atoms with Crippen molar-refractivity contribution in [2.24, 2.45) is 0 Å². The summed E-state index contributed by atoms with van der Waals surface area (Å²) in [5.74, 6) is 0. The SMILES string of the molecule is CCC(C)n1cc(-c2cccc(N)c2)cn1. The summed E-state index contributed by atoms with van der Waals surface area (Å²) in [5, 5.41) is 4.37. The first kappa shape index (κ1) is 10.7. The summed E-state index contributed by atoms with van der Waals surface area (Å²) < 4.78 is 2.00. The predicted octanol–water partition coefficient (Wildman–Crippen LogP) is 3.10. The zero-order valence-corrected chi connectivity index (χ0v) is 9.72. The Morgan fingerprint density at radius 3 is 2.88 bits per heavy atom. The van der Waals surface area contributed by atoms with Crippen LogP contribution in [0.15, 0.2) is 36.7 Å². The van der Waals surface area contributed by atoms with Gasteiger partial charge in [-0.2, -0.15) is 5.10 Å². The molecule has 1 unspecified atom stereocenters. The van der Waals surface area contributed by atoms with Gasteiger partial charge in [0.1, 0.15) is 0 Å². The highest BCUT2D eigenvalue weighted by molar-refractivity contribution is 5.65. The molecule has 1 heterocycles. The summed E-state index contributed by atoms with van der Waals surface area (Å²) in [7, 11) is 0. The lowest BCUT2D eigenvalue weighted by molar-refractivity contribution is 0.478. The van der Waals surface area contributed by atoms with Crippen molar-refractivity contribution in [2.45, 2.75) is 26.3 Å². The second-order valence-electron chi connectivity index (χ2n) is 4.09. The van der Waals surface area contributed by atoms with E-state index in [1.165, 1.54) is 0 Å². The monoisotopic (exact) mass is 215 g/mol. The Bertz CT molecular complexity index is 474. The van der Waals surface area contributed by atoms with Crippen molar-refractivity contribution in [2.75, 3.05) is 5.73 Å². The quantitative estimate of drug-likeness (QED) is 0.799. The van der Waals surface area contributed by atoms with Crippen molar-refractivity contribution in [3.8, 4) is 11.1 Å². The van der Waals surface area contributed by atoms with Gasteiger partial charge in [-0.25, -0.2) is 0 Å². The van der Waals surface area contributed by atoms with Gasteiger partial charge in [0.2, 0.25) is 0 Å². The maximum Gasteiger partial charge on any atom is 0.0568 e. The summed E-state index contributed by atoms with van der Waals surface area (Å²) in [6.07, 6.45) is 5.04. The average Bonchev–Trinajstić information content (AvgIpc) is 2.77. The molecular formula is C13H17N3. The number of anilines is 1. The van der Waals surface area contributed by atoms with Gasteiger partial charge >= 0.3 is 0 Å². The Balaban J connectivity index is 2.31. The molecule has 0 saturated heterocycles. The van der Waals surface area contributed by atoms with Crippen molar-refractivity contribution in [3.05, 3.63) is 36.7 Å². The first-order chi connectivity index (χ1) is 7.70. The molecular weight excluding hydrogens is 198 g/mol. The molecule has 2 rings (SSSR count). The standard InChI is InChI=1S/C13H17N3/c1-3-10(2)16-9-12(8-15-16)11-5-4-6-13(14)7-11/h4-10H,3,14H2,1-2H3. The molecule has 0 saturated carbocycles. The van der Waals surface area contributed by atoms with Gasteiger partial charge in [-0.1, -0.05) is 19.1 Å². The Labute approximate surface area is 95.9 Å². The van der Waals surface area contributed by atoms with Crippen LogP contribution in [0.25, 0.3) is 11.1 Å². The van der Waals surface area contributed by atoms with Gasteiger partial charge in [0.25, 0.3) is 0 Å². The molecule has 16 heavy (non-hydrogen) atoms. The lowest BCUT2D eigenvalue weighted by atomic mass is 10.1. The summed E-state index contributed by atoms with van der Waals surface area (Å²) in [5.41, 5.74) is 8.79. The molecule has 0 aliphatic heterocycles. The van der Waals surface area contributed by atoms with Gasteiger partial charge in [-0.15, -0.1) is 0 Å². The molecule has 0 aliphatic carbocycles. The molecule has 3 nitrogen and oxygen atoms in total. The van der Waals surface area contributed by atoms with E-state index in [4.69, 9.17) is 5.73 Å². The topological polar surface area (TPSA) is 43.8 Å². The minimum atomic E-state index is 0.440. The second-order valence-corrected chi connectivity index (χ2v) is 4.09. The van der Waals surface area contributed by atoms with Gasteiger partial charge < -0.3 is 5.73 Å². The van der Waals surface area contributed by atoms with E-state index in [9.17, 15) is 0 Å². The molecule has 1 aromatic carbocycles. The van der Waals surface area contributed by atoms with E-state index >= 15 is 0 Å². The highest BCUT2D eigenvalue weighted by atomic mass is 15.3. The minimum absolute atomic E-state index is 0.440. The largest absolute Gasteiger partial charge is 0.399 e. The number of rotatable bonds is 3. The van der Waals surface area contributed by atoms with Crippen molar-refractivity contribution in [1.82, 2.24) is 9.78 Å². The highest BCUT2D eigenvalue weighted by Crippen LogP contribution is 2.22. The van der Waals surface area contributed by atoms with Crippen molar-refractivity contribution >= 4 is 5.69 Å². The van der Waals surface area contributed by atoms with E-state index in [2.05, 4.69) is 25.1 Å². The molecule has 0 bridgehead atoms. The number of nitrogen functional groups attached to an aromatic ring is 1. The number of nitrogens with two attached hydrogens (primary N) is 1. The normalized spacial score (nSPS) is 12.6. The van der Waals surface area contributed by atoms with Crippen LogP contribution in [0.2, 0.25) is 0 Å². The minimum Gasteiger partial charge on any atom is -0.399 e. The number of hydrogen-bond acceptors (Lipinski definition) is 2. The lowest BCUT2D eigenvalue weighted by Crippen LogP contribution is -2.03. The molecule has 2 N–H and O–H groups in total.